The van der Waals surface area contributed by atoms with Crippen LogP contribution in [0.5, 0.6) is 5.75 Å². The number of ether oxygens (including phenoxy) is 1. The summed E-state index contributed by atoms with van der Waals surface area (Å²) in [5.41, 5.74) is 4.18. The van der Waals surface area contributed by atoms with Crippen molar-refractivity contribution in [3.63, 3.8) is 0 Å². The molecule has 2 rings (SSSR count). The van der Waals surface area contributed by atoms with Gasteiger partial charge in [-0.1, -0.05) is 6.07 Å². The van der Waals surface area contributed by atoms with E-state index in [9.17, 15) is 4.79 Å². The summed E-state index contributed by atoms with van der Waals surface area (Å²) in [7, 11) is 1.64. The Kier molecular flexibility index (Phi) is 3.62. The van der Waals surface area contributed by atoms with Gasteiger partial charge in [0, 0.05) is 10.4 Å². The zero-order chi connectivity index (χ0) is 14.2. The largest absolute Gasteiger partial charge is 0.496 e. The SMILES string of the molecule is COc1cc(C)cc(C)c1-c1sc(C(=O)O)cc1C. The van der Waals surface area contributed by atoms with E-state index < -0.39 is 5.97 Å². The predicted octanol–water partition coefficient (Wildman–Crippen LogP) is 4.05. The summed E-state index contributed by atoms with van der Waals surface area (Å²) in [5, 5.41) is 9.09. The average molecular weight is 276 g/mol. The molecule has 0 fully saturated rings. The van der Waals surface area contributed by atoms with Gasteiger partial charge in [0.2, 0.25) is 0 Å². The Morgan fingerprint density at radius 2 is 1.84 bits per heavy atom. The van der Waals surface area contributed by atoms with Crippen molar-refractivity contribution in [2.75, 3.05) is 7.11 Å². The second kappa shape index (κ2) is 5.05. The van der Waals surface area contributed by atoms with Gasteiger partial charge in [0.15, 0.2) is 0 Å². The summed E-state index contributed by atoms with van der Waals surface area (Å²) in [4.78, 5) is 12.4. The van der Waals surface area contributed by atoms with Crippen molar-refractivity contribution in [2.24, 2.45) is 0 Å². The monoisotopic (exact) mass is 276 g/mol. The topological polar surface area (TPSA) is 46.5 Å². The Morgan fingerprint density at radius 1 is 1.16 bits per heavy atom. The number of carboxylic acid groups (broad SMARTS) is 1. The Bertz CT molecular complexity index is 641. The van der Waals surface area contributed by atoms with Gasteiger partial charge >= 0.3 is 5.97 Å². The van der Waals surface area contributed by atoms with Crippen LogP contribution in [0.3, 0.4) is 0 Å². The van der Waals surface area contributed by atoms with Crippen molar-refractivity contribution < 1.29 is 14.6 Å². The van der Waals surface area contributed by atoms with Gasteiger partial charge in [0.1, 0.15) is 10.6 Å². The van der Waals surface area contributed by atoms with Gasteiger partial charge in [-0.15, -0.1) is 11.3 Å². The molecule has 100 valence electrons. The molecule has 0 saturated carbocycles. The molecular formula is C15H16O3S. The molecule has 0 unspecified atom stereocenters. The fourth-order valence-electron chi connectivity index (χ4n) is 2.22. The maximum absolute atomic E-state index is 11.1. The summed E-state index contributed by atoms with van der Waals surface area (Å²) in [6.45, 7) is 5.96. The zero-order valence-electron chi connectivity index (χ0n) is 11.4. The van der Waals surface area contributed by atoms with Crippen LogP contribution in [-0.4, -0.2) is 18.2 Å². The molecule has 0 bridgehead atoms. The normalized spacial score (nSPS) is 10.5. The van der Waals surface area contributed by atoms with Gasteiger partial charge in [-0.2, -0.15) is 0 Å². The van der Waals surface area contributed by atoms with Crippen LogP contribution in [0.2, 0.25) is 0 Å². The molecule has 0 radical (unpaired) electrons. The van der Waals surface area contributed by atoms with E-state index in [0.29, 0.717) is 4.88 Å². The number of aryl methyl sites for hydroxylation is 3. The number of hydrogen-bond acceptors (Lipinski definition) is 3. The number of carbonyl (C=O) groups is 1. The molecule has 1 N–H and O–H groups in total. The highest BCUT2D eigenvalue weighted by atomic mass is 32.1. The number of methoxy groups -OCH3 is 1. The van der Waals surface area contributed by atoms with Crippen molar-refractivity contribution >= 4 is 17.3 Å². The van der Waals surface area contributed by atoms with Crippen LogP contribution < -0.4 is 4.74 Å². The quantitative estimate of drug-likeness (QED) is 0.920. The summed E-state index contributed by atoms with van der Waals surface area (Å²) in [6.07, 6.45) is 0. The summed E-state index contributed by atoms with van der Waals surface area (Å²) >= 11 is 1.29. The third kappa shape index (κ3) is 2.49. The summed E-state index contributed by atoms with van der Waals surface area (Å²) < 4.78 is 5.45. The summed E-state index contributed by atoms with van der Waals surface area (Å²) in [6, 6.07) is 5.76. The molecule has 2 aromatic rings. The van der Waals surface area contributed by atoms with Crippen molar-refractivity contribution in [1.82, 2.24) is 0 Å². The van der Waals surface area contributed by atoms with E-state index in [-0.39, 0.29) is 0 Å². The van der Waals surface area contributed by atoms with Crippen LogP contribution in [0.15, 0.2) is 18.2 Å². The first-order valence-corrected chi connectivity index (χ1v) is 6.75. The fourth-order valence-corrected chi connectivity index (χ4v) is 3.34. The zero-order valence-corrected chi connectivity index (χ0v) is 12.2. The first-order chi connectivity index (χ1) is 8.93. The Labute approximate surface area is 116 Å². The molecule has 0 atom stereocenters. The number of aromatic carboxylic acids is 1. The molecule has 0 aliphatic heterocycles. The van der Waals surface area contributed by atoms with Gasteiger partial charge in [-0.05, 0) is 49.6 Å². The van der Waals surface area contributed by atoms with E-state index in [0.717, 1.165) is 32.9 Å². The lowest BCUT2D eigenvalue weighted by molar-refractivity contribution is 0.0702. The first kappa shape index (κ1) is 13.6. The minimum absolute atomic E-state index is 0.356. The van der Waals surface area contributed by atoms with E-state index in [1.54, 1.807) is 13.2 Å². The Hall–Kier alpha value is -1.81. The third-order valence-corrected chi connectivity index (χ3v) is 4.26. The maximum atomic E-state index is 11.1. The van der Waals surface area contributed by atoms with Gasteiger partial charge in [-0.3, -0.25) is 0 Å². The number of hydrogen-bond donors (Lipinski definition) is 1. The van der Waals surface area contributed by atoms with Gasteiger partial charge in [-0.25, -0.2) is 4.79 Å². The molecular weight excluding hydrogens is 260 g/mol. The molecule has 3 nitrogen and oxygen atoms in total. The van der Waals surface area contributed by atoms with Gasteiger partial charge in [0.05, 0.1) is 7.11 Å². The second-order valence-electron chi connectivity index (χ2n) is 4.59. The van der Waals surface area contributed by atoms with Crippen LogP contribution in [0, 0.1) is 20.8 Å². The molecule has 19 heavy (non-hydrogen) atoms. The van der Waals surface area contributed by atoms with Crippen molar-refractivity contribution in [3.8, 4) is 16.2 Å². The van der Waals surface area contributed by atoms with Crippen molar-refractivity contribution in [3.05, 3.63) is 39.8 Å². The molecule has 1 aromatic heterocycles. The highest BCUT2D eigenvalue weighted by Gasteiger charge is 2.17. The van der Waals surface area contributed by atoms with E-state index in [1.165, 1.54) is 11.3 Å². The van der Waals surface area contributed by atoms with E-state index in [4.69, 9.17) is 9.84 Å². The molecule has 0 amide bonds. The van der Waals surface area contributed by atoms with Gasteiger partial charge in [0.25, 0.3) is 0 Å². The van der Waals surface area contributed by atoms with E-state index in [2.05, 4.69) is 6.07 Å². The lowest BCUT2D eigenvalue weighted by Crippen LogP contribution is -1.92. The number of benzene rings is 1. The number of rotatable bonds is 3. The minimum Gasteiger partial charge on any atom is -0.496 e. The highest BCUT2D eigenvalue weighted by Crippen LogP contribution is 2.40. The van der Waals surface area contributed by atoms with Crippen molar-refractivity contribution in [1.29, 1.82) is 0 Å². The number of carboxylic acids is 1. The van der Waals surface area contributed by atoms with E-state index in [1.807, 2.05) is 26.8 Å². The molecule has 0 spiro atoms. The Balaban J connectivity index is 2.68. The molecule has 0 aliphatic carbocycles. The van der Waals surface area contributed by atoms with Gasteiger partial charge < -0.3 is 9.84 Å². The van der Waals surface area contributed by atoms with Crippen LogP contribution in [0.4, 0.5) is 0 Å². The van der Waals surface area contributed by atoms with Crippen LogP contribution in [-0.2, 0) is 0 Å². The first-order valence-electron chi connectivity index (χ1n) is 5.93. The van der Waals surface area contributed by atoms with E-state index >= 15 is 0 Å². The summed E-state index contributed by atoms with van der Waals surface area (Å²) in [5.74, 6) is -0.0949. The highest BCUT2D eigenvalue weighted by molar-refractivity contribution is 7.17. The minimum atomic E-state index is -0.886. The third-order valence-electron chi connectivity index (χ3n) is 3.02. The smallest absolute Gasteiger partial charge is 0.345 e. The molecule has 4 heteroatoms. The lowest BCUT2D eigenvalue weighted by atomic mass is 10.0. The fraction of sp³-hybridized carbons (Fsp3) is 0.267. The van der Waals surface area contributed by atoms with Crippen LogP contribution in [0.1, 0.15) is 26.4 Å². The van der Waals surface area contributed by atoms with Crippen LogP contribution >= 0.6 is 11.3 Å². The Morgan fingerprint density at radius 3 is 2.37 bits per heavy atom. The van der Waals surface area contributed by atoms with Crippen LogP contribution in [0.25, 0.3) is 10.4 Å². The average Bonchev–Trinajstić information content (AvgIpc) is 2.70. The molecule has 1 heterocycles. The number of thiophene rings is 1. The maximum Gasteiger partial charge on any atom is 0.345 e. The predicted molar refractivity (Wildman–Crippen MR) is 77.5 cm³/mol. The lowest BCUT2D eigenvalue weighted by Gasteiger charge is -2.12. The standard InChI is InChI=1S/C15H16O3S/c1-8-5-9(2)13(11(6-8)18-4)14-10(3)7-12(19-14)15(16)17/h5-7H,1-4H3,(H,16,17). The second-order valence-corrected chi connectivity index (χ2v) is 5.64. The molecule has 1 aromatic carbocycles. The molecule has 0 aliphatic rings. The van der Waals surface area contributed by atoms with Crippen molar-refractivity contribution in [2.45, 2.75) is 20.8 Å². The molecule has 0 saturated heterocycles.